The van der Waals surface area contributed by atoms with E-state index in [-0.39, 0.29) is 35.6 Å². The molecule has 2 heterocycles. The first-order valence-corrected chi connectivity index (χ1v) is 10.4. The maximum atomic E-state index is 12.3. The van der Waals surface area contributed by atoms with E-state index in [1.807, 2.05) is 6.92 Å². The van der Waals surface area contributed by atoms with Crippen molar-refractivity contribution in [1.82, 2.24) is 9.97 Å². The molecule has 0 saturated carbocycles. The number of anilines is 1. The summed E-state index contributed by atoms with van der Waals surface area (Å²) < 4.78 is 37.0. The highest BCUT2D eigenvalue weighted by molar-refractivity contribution is 8.00. The average molecular weight is 446 g/mol. The quantitative estimate of drug-likeness (QED) is 0.530. The molecule has 0 aliphatic carbocycles. The smallest absolute Gasteiger partial charge is 0.389 e. The van der Waals surface area contributed by atoms with Crippen LogP contribution in [0.25, 0.3) is 10.6 Å². The molecule has 0 aliphatic rings. The first kappa shape index (κ1) is 20.8. The van der Waals surface area contributed by atoms with Crippen LogP contribution in [0.1, 0.15) is 16.3 Å². The molecule has 3 rings (SSSR count). The van der Waals surface area contributed by atoms with E-state index < -0.39 is 5.51 Å². The minimum Gasteiger partial charge on any atom is -0.389 e. The number of nitrogens with zero attached hydrogens (tertiary/aromatic N) is 2. The minimum atomic E-state index is -4.34. The van der Waals surface area contributed by atoms with E-state index in [1.54, 1.807) is 5.38 Å². The van der Waals surface area contributed by atoms with Crippen LogP contribution in [0, 0.1) is 6.92 Å². The van der Waals surface area contributed by atoms with Crippen LogP contribution in [0.15, 0.2) is 34.5 Å². The number of hydrogen-bond acceptors (Lipinski definition) is 7. The molecular formula is C17H14F3N3O2S3. The second-order valence-corrected chi connectivity index (χ2v) is 8.72. The summed E-state index contributed by atoms with van der Waals surface area (Å²) in [5.74, 6) is -0.311. The lowest BCUT2D eigenvalue weighted by molar-refractivity contribution is -0.115. The van der Waals surface area contributed by atoms with Gasteiger partial charge < -0.3 is 10.4 Å². The lowest BCUT2D eigenvalue weighted by Gasteiger charge is -2.06. The first-order valence-electron chi connectivity index (χ1n) is 7.91. The number of aryl methyl sites for hydroxylation is 1. The Bertz CT molecular complexity index is 968. The Morgan fingerprint density at radius 2 is 1.96 bits per heavy atom. The zero-order valence-electron chi connectivity index (χ0n) is 14.4. The van der Waals surface area contributed by atoms with Gasteiger partial charge in [0, 0.05) is 10.3 Å². The maximum absolute atomic E-state index is 12.3. The number of nitrogens with one attached hydrogen (secondary N) is 1. The Hall–Kier alpha value is -1.95. The molecule has 0 radical (unpaired) electrons. The molecule has 0 aliphatic heterocycles. The van der Waals surface area contributed by atoms with E-state index in [2.05, 4.69) is 15.3 Å². The summed E-state index contributed by atoms with van der Waals surface area (Å²) in [4.78, 5) is 21.7. The number of alkyl halides is 3. The Kier molecular flexibility index (Phi) is 6.38. The van der Waals surface area contributed by atoms with Crippen molar-refractivity contribution in [2.75, 3.05) is 5.32 Å². The Morgan fingerprint density at radius 3 is 2.57 bits per heavy atom. The van der Waals surface area contributed by atoms with Gasteiger partial charge in [0.15, 0.2) is 5.13 Å². The molecule has 1 amide bonds. The molecule has 0 bridgehead atoms. The minimum absolute atomic E-state index is 0.0279. The van der Waals surface area contributed by atoms with E-state index >= 15 is 0 Å². The third-order valence-electron chi connectivity index (χ3n) is 3.48. The molecule has 0 spiro atoms. The number of thioether (sulfide) groups is 1. The standard InChI is InChI=1S/C17H14F3N3O2S3/c1-9-15(27-14(7-24)21-9)12-8-26-16(22-12)23-13(25)6-10-2-4-11(5-3-10)28-17(18,19)20/h2-5,8,24H,6-7H2,1H3,(H,22,23,25). The van der Waals surface area contributed by atoms with Crippen molar-refractivity contribution in [3.63, 3.8) is 0 Å². The summed E-state index contributed by atoms with van der Waals surface area (Å²) in [5.41, 5.74) is -2.31. The van der Waals surface area contributed by atoms with E-state index in [9.17, 15) is 23.1 Å². The van der Waals surface area contributed by atoms with Crippen LogP contribution in [0.3, 0.4) is 0 Å². The van der Waals surface area contributed by atoms with Crippen molar-refractivity contribution in [2.45, 2.75) is 30.4 Å². The lowest BCUT2D eigenvalue weighted by Crippen LogP contribution is -2.14. The number of aliphatic hydroxyl groups excluding tert-OH is 1. The molecule has 0 unspecified atom stereocenters. The number of carbonyl (C=O) groups is 1. The summed E-state index contributed by atoms with van der Waals surface area (Å²) >= 11 is 2.41. The SMILES string of the molecule is Cc1nc(CO)sc1-c1csc(NC(=O)Cc2ccc(SC(F)(F)F)cc2)n1. The molecule has 0 saturated heterocycles. The fraction of sp³-hybridized carbons (Fsp3) is 0.235. The van der Waals surface area contributed by atoms with Crippen LogP contribution in [-0.4, -0.2) is 26.5 Å². The normalized spacial score (nSPS) is 11.6. The van der Waals surface area contributed by atoms with Gasteiger partial charge in [-0.15, -0.1) is 22.7 Å². The maximum Gasteiger partial charge on any atom is 0.446 e. The van der Waals surface area contributed by atoms with Gasteiger partial charge in [0.25, 0.3) is 0 Å². The van der Waals surface area contributed by atoms with Gasteiger partial charge in [-0.2, -0.15) is 13.2 Å². The van der Waals surface area contributed by atoms with Gasteiger partial charge in [0.2, 0.25) is 5.91 Å². The molecule has 11 heteroatoms. The van der Waals surface area contributed by atoms with Crippen LogP contribution in [0.4, 0.5) is 18.3 Å². The number of benzene rings is 1. The zero-order valence-corrected chi connectivity index (χ0v) is 16.9. The van der Waals surface area contributed by atoms with Crippen molar-refractivity contribution < 1.29 is 23.1 Å². The summed E-state index contributed by atoms with van der Waals surface area (Å²) in [5, 5.41) is 14.7. The topological polar surface area (TPSA) is 75.1 Å². The predicted molar refractivity (Wildman–Crippen MR) is 105 cm³/mol. The molecule has 2 aromatic heterocycles. The number of aromatic nitrogens is 2. The second kappa shape index (κ2) is 8.60. The molecule has 3 aromatic rings. The second-order valence-electron chi connectivity index (χ2n) is 5.63. The summed E-state index contributed by atoms with van der Waals surface area (Å²) in [6.45, 7) is 1.68. The molecule has 28 heavy (non-hydrogen) atoms. The third-order valence-corrected chi connectivity index (χ3v) is 6.14. The van der Waals surface area contributed by atoms with Gasteiger partial charge in [0.05, 0.1) is 29.3 Å². The third kappa shape index (κ3) is 5.53. The number of amides is 1. The van der Waals surface area contributed by atoms with Gasteiger partial charge in [-0.3, -0.25) is 4.79 Å². The van der Waals surface area contributed by atoms with E-state index in [0.717, 1.165) is 10.6 Å². The molecule has 148 valence electrons. The summed E-state index contributed by atoms with van der Waals surface area (Å²) in [6.07, 6.45) is 0.0279. The molecule has 5 nitrogen and oxygen atoms in total. The van der Waals surface area contributed by atoms with Crippen molar-refractivity contribution >= 4 is 45.5 Å². The lowest BCUT2D eigenvalue weighted by atomic mass is 10.1. The van der Waals surface area contributed by atoms with Crippen LogP contribution < -0.4 is 5.32 Å². The highest BCUT2D eigenvalue weighted by Crippen LogP contribution is 2.36. The summed E-state index contributed by atoms with van der Waals surface area (Å²) in [6, 6.07) is 5.68. The Labute approximate surface area is 170 Å². The van der Waals surface area contributed by atoms with Gasteiger partial charge in [0.1, 0.15) is 5.01 Å². The molecule has 2 N–H and O–H groups in total. The van der Waals surface area contributed by atoms with Gasteiger partial charge in [-0.25, -0.2) is 9.97 Å². The molecule has 0 fully saturated rings. The Morgan fingerprint density at radius 1 is 1.25 bits per heavy atom. The number of thiazole rings is 2. The van der Waals surface area contributed by atoms with Crippen molar-refractivity contribution in [2.24, 2.45) is 0 Å². The van der Waals surface area contributed by atoms with Crippen molar-refractivity contribution in [3.05, 3.63) is 45.9 Å². The predicted octanol–water partition coefficient (Wildman–Crippen LogP) is 4.86. The highest BCUT2D eigenvalue weighted by atomic mass is 32.2. The highest BCUT2D eigenvalue weighted by Gasteiger charge is 2.29. The van der Waals surface area contributed by atoms with Crippen LogP contribution in [0.5, 0.6) is 0 Å². The van der Waals surface area contributed by atoms with Crippen molar-refractivity contribution in [3.8, 4) is 10.6 Å². The first-order chi connectivity index (χ1) is 13.2. The monoisotopic (exact) mass is 445 g/mol. The van der Waals surface area contributed by atoms with Crippen LogP contribution in [0.2, 0.25) is 0 Å². The van der Waals surface area contributed by atoms with Crippen LogP contribution in [-0.2, 0) is 17.8 Å². The summed E-state index contributed by atoms with van der Waals surface area (Å²) in [7, 11) is 0. The fourth-order valence-electron chi connectivity index (χ4n) is 2.35. The number of rotatable bonds is 6. The van der Waals surface area contributed by atoms with E-state index in [4.69, 9.17) is 0 Å². The number of carbonyl (C=O) groups excluding carboxylic acids is 1. The Balaban J connectivity index is 1.61. The molecular weight excluding hydrogens is 431 g/mol. The zero-order chi connectivity index (χ0) is 20.3. The number of aliphatic hydroxyl groups is 1. The van der Waals surface area contributed by atoms with Gasteiger partial charge in [-0.05, 0) is 36.4 Å². The number of halogens is 3. The number of hydrogen-bond donors (Lipinski definition) is 2. The largest absolute Gasteiger partial charge is 0.446 e. The fourth-order valence-corrected chi connectivity index (χ4v) is 4.57. The molecule has 1 aromatic carbocycles. The van der Waals surface area contributed by atoms with Crippen molar-refractivity contribution in [1.29, 1.82) is 0 Å². The van der Waals surface area contributed by atoms with Gasteiger partial charge in [-0.1, -0.05) is 12.1 Å². The van der Waals surface area contributed by atoms with E-state index in [0.29, 0.717) is 21.4 Å². The van der Waals surface area contributed by atoms with E-state index in [1.165, 1.54) is 46.9 Å². The van der Waals surface area contributed by atoms with Gasteiger partial charge >= 0.3 is 5.51 Å². The average Bonchev–Trinajstić information content (AvgIpc) is 3.21. The van der Waals surface area contributed by atoms with Crippen LogP contribution >= 0.6 is 34.4 Å². The molecule has 0 atom stereocenters.